The monoisotopic (exact) mass is 457 g/mol. The predicted octanol–water partition coefficient (Wildman–Crippen LogP) is 4.49. The molecule has 3 rings (SSSR count). The second-order valence-electron chi connectivity index (χ2n) is 6.71. The fraction of sp³-hybridized carbons (Fsp3) is 0.294. The molecule has 0 atom stereocenters. The summed E-state index contributed by atoms with van der Waals surface area (Å²) in [5.41, 5.74) is 0.611. The third-order valence-electron chi connectivity index (χ3n) is 3.58. The Labute approximate surface area is 157 Å². The molecule has 0 spiro atoms. The van der Waals surface area contributed by atoms with Crippen molar-refractivity contribution < 1.29 is 19.1 Å². The van der Waals surface area contributed by atoms with Gasteiger partial charge in [-0.2, -0.15) is 4.73 Å². The smallest absolute Gasteiger partial charge is 0.414 e. The standard InChI is InChI=1S/C17H17FIN3O3/c1-17(2,3)25-16(23)21(4)13-6-9(18)5-11-12-7-10(19)8-22(24)15(12)20-14(11)13/h5-8,24H,1-4H3. The first kappa shape index (κ1) is 17.7. The van der Waals surface area contributed by atoms with Crippen molar-refractivity contribution in [3.8, 4) is 11.4 Å². The Bertz CT molecular complexity index is 949. The van der Waals surface area contributed by atoms with Crippen LogP contribution in [0.15, 0.2) is 24.4 Å². The number of carbonyl (C=O) groups is 1. The van der Waals surface area contributed by atoms with Gasteiger partial charge in [0.2, 0.25) is 0 Å². The minimum absolute atomic E-state index is 0.274. The first-order valence-corrected chi connectivity index (χ1v) is 8.61. The second kappa shape index (κ2) is 6.01. The molecule has 6 nitrogen and oxygen atoms in total. The average Bonchev–Trinajstić information content (AvgIpc) is 2.83. The van der Waals surface area contributed by atoms with Crippen LogP contribution in [-0.4, -0.2) is 33.7 Å². The average molecular weight is 457 g/mol. The van der Waals surface area contributed by atoms with Gasteiger partial charge in [-0.1, -0.05) is 0 Å². The van der Waals surface area contributed by atoms with Gasteiger partial charge in [0.1, 0.15) is 11.4 Å². The first-order chi connectivity index (χ1) is 11.6. The topological polar surface area (TPSA) is 67.6 Å². The van der Waals surface area contributed by atoms with Gasteiger partial charge >= 0.3 is 6.09 Å². The normalized spacial score (nSPS) is 11.9. The van der Waals surface area contributed by atoms with Gasteiger partial charge in [0.05, 0.1) is 17.4 Å². The van der Waals surface area contributed by atoms with Gasteiger partial charge in [0, 0.05) is 21.6 Å². The molecule has 1 N–H and O–H groups in total. The molecule has 0 fully saturated rings. The highest BCUT2D eigenvalue weighted by molar-refractivity contribution is 14.1. The SMILES string of the molecule is CN(C(=O)OC(C)(C)C)c1cc(F)cc2c3cc(I)cn(O)c-3nc12. The lowest BCUT2D eigenvalue weighted by atomic mass is 10.1. The van der Waals surface area contributed by atoms with Gasteiger partial charge in [0.25, 0.3) is 0 Å². The van der Waals surface area contributed by atoms with Crippen LogP contribution in [0.5, 0.6) is 0 Å². The third kappa shape index (κ3) is 3.35. The lowest BCUT2D eigenvalue weighted by Crippen LogP contribution is -2.34. The fourth-order valence-corrected chi connectivity index (χ4v) is 3.12. The summed E-state index contributed by atoms with van der Waals surface area (Å²) in [7, 11) is 1.50. The van der Waals surface area contributed by atoms with E-state index in [1.807, 2.05) is 0 Å². The number of fused-ring (bicyclic) bond motifs is 3. The number of aromatic nitrogens is 2. The molecule has 0 radical (unpaired) electrons. The van der Waals surface area contributed by atoms with E-state index < -0.39 is 17.5 Å². The van der Waals surface area contributed by atoms with Crippen LogP contribution in [0.2, 0.25) is 0 Å². The molecule has 2 aliphatic rings. The van der Waals surface area contributed by atoms with Gasteiger partial charge in [-0.25, -0.2) is 14.2 Å². The van der Waals surface area contributed by atoms with Crippen LogP contribution in [-0.2, 0) is 4.74 Å². The Hall–Kier alpha value is -2.10. The zero-order valence-corrected chi connectivity index (χ0v) is 16.3. The van der Waals surface area contributed by atoms with Crippen LogP contribution in [0.1, 0.15) is 20.8 Å². The van der Waals surface area contributed by atoms with Crippen molar-refractivity contribution in [1.29, 1.82) is 0 Å². The number of ether oxygens (including phenoxy) is 1. The Morgan fingerprint density at radius 3 is 2.68 bits per heavy atom. The van der Waals surface area contributed by atoms with Crippen molar-refractivity contribution in [3.63, 3.8) is 0 Å². The number of benzene rings is 1. The third-order valence-corrected chi connectivity index (χ3v) is 4.17. The van der Waals surface area contributed by atoms with E-state index in [0.29, 0.717) is 22.3 Å². The van der Waals surface area contributed by atoms with Crippen LogP contribution in [0, 0.1) is 9.39 Å². The molecule has 1 aromatic rings. The van der Waals surface area contributed by atoms with Gasteiger partial charge in [0.15, 0.2) is 5.82 Å². The number of hydrogen-bond donors (Lipinski definition) is 1. The Morgan fingerprint density at radius 2 is 2.04 bits per heavy atom. The van der Waals surface area contributed by atoms with Crippen LogP contribution in [0.25, 0.3) is 22.3 Å². The van der Waals surface area contributed by atoms with Gasteiger partial charge in [-0.3, -0.25) is 4.90 Å². The van der Waals surface area contributed by atoms with Crippen molar-refractivity contribution >= 4 is 45.3 Å². The molecule has 0 aliphatic carbocycles. The van der Waals surface area contributed by atoms with Crippen LogP contribution in [0.3, 0.4) is 0 Å². The van der Waals surface area contributed by atoms with E-state index in [4.69, 9.17) is 4.74 Å². The maximum absolute atomic E-state index is 14.2. The molecule has 2 heterocycles. The summed E-state index contributed by atoms with van der Waals surface area (Å²) in [5.74, 6) is -0.213. The molecule has 0 bridgehead atoms. The highest BCUT2D eigenvalue weighted by atomic mass is 127. The van der Waals surface area contributed by atoms with E-state index >= 15 is 0 Å². The number of hydrogen-bond acceptors (Lipinski definition) is 4. The number of pyridine rings is 1. The van der Waals surface area contributed by atoms with E-state index in [1.165, 1.54) is 30.3 Å². The molecule has 132 valence electrons. The van der Waals surface area contributed by atoms with Crippen molar-refractivity contribution in [2.24, 2.45) is 0 Å². The quantitative estimate of drug-likeness (QED) is 0.432. The summed E-state index contributed by atoms with van der Waals surface area (Å²) in [5, 5.41) is 10.6. The fourth-order valence-electron chi connectivity index (χ4n) is 2.55. The maximum Gasteiger partial charge on any atom is 0.414 e. The number of carbonyl (C=O) groups excluding carboxylic acids is 1. The highest BCUT2D eigenvalue weighted by Crippen LogP contribution is 2.37. The van der Waals surface area contributed by atoms with Crippen molar-refractivity contribution in [3.05, 3.63) is 33.8 Å². The minimum Gasteiger partial charge on any atom is -0.443 e. The number of anilines is 1. The van der Waals surface area contributed by atoms with Gasteiger partial charge < -0.3 is 9.94 Å². The molecule has 25 heavy (non-hydrogen) atoms. The first-order valence-electron chi connectivity index (χ1n) is 7.53. The molecular formula is C17H17FIN3O3. The molecule has 1 amide bonds. The Balaban J connectivity index is 2.20. The van der Waals surface area contributed by atoms with Gasteiger partial charge in [-0.15, -0.1) is 0 Å². The Morgan fingerprint density at radius 1 is 1.36 bits per heavy atom. The zero-order chi connectivity index (χ0) is 18.5. The molecule has 1 aromatic carbocycles. The largest absolute Gasteiger partial charge is 0.443 e. The van der Waals surface area contributed by atoms with Crippen molar-refractivity contribution in [2.45, 2.75) is 26.4 Å². The molecule has 0 saturated carbocycles. The molecular weight excluding hydrogens is 440 g/mol. The maximum atomic E-state index is 14.2. The van der Waals surface area contributed by atoms with Gasteiger partial charge in [-0.05, 0) is 61.6 Å². The summed E-state index contributed by atoms with van der Waals surface area (Å²) < 4.78 is 21.2. The van der Waals surface area contributed by atoms with Crippen LogP contribution in [0.4, 0.5) is 14.9 Å². The number of amides is 1. The lowest BCUT2D eigenvalue weighted by Gasteiger charge is -2.24. The summed E-state index contributed by atoms with van der Waals surface area (Å²) >= 11 is 2.05. The molecule has 0 unspecified atom stereocenters. The van der Waals surface area contributed by atoms with E-state index in [0.717, 1.165) is 8.30 Å². The van der Waals surface area contributed by atoms with Crippen LogP contribution < -0.4 is 4.90 Å². The van der Waals surface area contributed by atoms with E-state index in [9.17, 15) is 14.4 Å². The molecule has 0 saturated heterocycles. The van der Waals surface area contributed by atoms with E-state index in [-0.39, 0.29) is 5.69 Å². The lowest BCUT2D eigenvalue weighted by molar-refractivity contribution is 0.0589. The van der Waals surface area contributed by atoms with Crippen molar-refractivity contribution in [2.75, 3.05) is 11.9 Å². The summed E-state index contributed by atoms with van der Waals surface area (Å²) in [6, 6.07) is 4.37. The summed E-state index contributed by atoms with van der Waals surface area (Å²) in [4.78, 5) is 18.0. The molecule has 0 aromatic heterocycles. The predicted molar refractivity (Wildman–Crippen MR) is 101 cm³/mol. The second-order valence-corrected chi connectivity index (χ2v) is 7.96. The summed E-state index contributed by atoms with van der Waals surface area (Å²) in [6.45, 7) is 5.27. The number of nitrogens with zero attached hydrogens (tertiary/aromatic N) is 3. The number of halogens is 2. The Kier molecular flexibility index (Phi) is 4.26. The summed E-state index contributed by atoms with van der Waals surface area (Å²) in [6.07, 6.45) is 0.889. The minimum atomic E-state index is -0.674. The van der Waals surface area contributed by atoms with E-state index in [2.05, 4.69) is 27.6 Å². The zero-order valence-electron chi connectivity index (χ0n) is 14.2. The molecule has 2 aliphatic heterocycles. The molecule has 8 heteroatoms. The van der Waals surface area contributed by atoms with Crippen LogP contribution >= 0.6 is 22.6 Å². The highest BCUT2D eigenvalue weighted by Gasteiger charge is 2.26. The number of rotatable bonds is 1. The van der Waals surface area contributed by atoms with E-state index in [1.54, 1.807) is 26.8 Å². The van der Waals surface area contributed by atoms with Crippen molar-refractivity contribution in [1.82, 2.24) is 9.71 Å².